The summed E-state index contributed by atoms with van der Waals surface area (Å²) in [6.07, 6.45) is 2.01. The minimum absolute atomic E-state index is 0.110. The molecule has 1 atom stereocenters. The lowest BCUT2D eigenvalue weighted by Gasteiger charge is -2.14. The molecule has 1 heterocycles. The summed E-state index contributed by atoms with van der Waals surface area (Å²) in [6, 6.07) is 9.35. The average Bonchev–Trinajstić information content (AvgIpc) is 2.90. The summed E-state index contributed by atoms with van der Waals surface area (Å²) < 4.78 is 1.46. The van der Waals surface area contributed by atoms with Gasteiger partial charge in [0.05, 0.1) is 0 Å². The molecule has 2 aromatic rings. The van der Waals surface area contributed by atoms with Crippen LogP contribution in [0.4, 0.5) is 0 Å². The third kappa shape index (κ3) is 2.66. The van der Waals surface area contributed by atoms with Gasteiger partial charge in [-0.3, -0.25) is 4.79 Å². The molecule has 1 amide bonds. The largest absolute Gasteiger partial charge is 0.357 e. The normalized spacial score (nSPS) is 12.1. The van der Waals surface area contributed by atoms with Gasteiger partial charge < -0.3 is 5.32 Å². The van der Waals surface area contributed by atoms with E-state index in [1.807, 2.05) is 30.3 Å². The molecule has 0 saturated carbocycles. The number of nitrogens with zero attached hydrogens (tertiary/aromatic N) is 4. The number of benzene rings is 1. The Kier molecular flexibility index (Phi) is 3.44. The Bertz CT molecular complexity index is 468. The molecular formula is C11H13N5O. The minimum atomic E-state index is -0.419. The lowest BCUT2D eigenvalue weighted by molar-refractivity contribution is -0.124. The van der Waals surface area contributed by atoms with Crippen molar-refractivity contribution >= 4 is 5.91 Å². The molecule has 1 unspecified atom stereocenters. The molecule has 0 spiro atoms. The van der Waals surface area contributed by atoms with Gasteiger partial charge in [-0.25, -0.2) is 4.68 Å². The predicted octanol–water partition coefficient (Wildman–Crippen LogP) is 0.203. The van der Waals surface area contributed by atoms with Gasteiger partial charge in [-0.05, 0) is 16.0 Å². The van der Waals surface area contributed by atoms with Crippen molar-refractivity contribution in [2.24, 2.45) is 0 Å². The maximum atomic E-state index is 11.8. The number of hydrogen-bond acceptors (Lipinski definition) is 4. The Labute approximate surface area is 98.6 Å². The number of carbonyl (C=O) groups is 1. The summed E-state index contributed by atoms with van der Waals surface area (Å²) in [5, 5.41) is 13.5. The van der Waals surface area contributed by atoms with Crippen LogP contribution in [0.1, 0.15) is 11.6 Å². The molecule has 0 fully saturated rings. The first-order valence-corrected chi connectivity index (χ1v) is 5.29. The van der Waals surface area contributed by atoms with Gasteiger partial charge in [0.15, 0.2) is 0 Å². The molecule has 0 bridgehead atoms. The Morgan fingerprint density at radius 3 is 2.76 bits per heavy atom. The lowest BCUT2D eigenvalue weighted by atomic mass is 10.1. The summed E-state index contributed by atoms with van der Waals surface area (Å²) in [7, 11) is 1.60. The Morgan fingerprint density at radius 2 is 2.18 bits per heavy atom. The van der Waals surface area contributed by atoms with Crippen LogP contribution in [0.2, 0.25) is 0 Å². The maximum absolute atomic E-state index is 11.8. The van der Waals surface area contributed by atoms with Crippen molar-refractivity contribution in [1.29, 1.82) is 0 Å². The quantitative estimate of drug-likeness (QED) is 0.816. The van der Waals surface area contributed by atoms with Gasteiger partial charge in [0, 0.05) is 13.5 Å². The number of rotatable bonds is 4. The zero-order valence-corrected chi connectivity index (χ0v) is 9.45. The maximum Gasteiger partial charge on any atom is 0.245 e. The van der Waals surface area contributed by atoms with Gasteiger partial charge >= 0.3 is 0 Å². The van der Waals surface area contributed by atoms with Crippen molar-refractivity contribution in [1.82, 2.24) is 25.5 Å². The Balaban J connectivity index is 2.20. The predicted molar refractivity (Wildman–Crippen MR) is 61.1 cm³/mol. The second-order valence-corrected chi connectivity index (χ2v) is 3.61. The van der Waals surface area contributed by atoms with Crippen molar-refractivity contribution in [3.63, 3.8) is 0 Å². The second kappa shape index (κ2) is 5.20. The van der Waals surface area contributed by atoms with Crippen LogP contribution in [0.15, 0.2) is 36.7 Å². The van der Waals surface area contributed by atoms with Crippen LogP contribution in [-0.2, 0) is 11.2 Å². The van der Waals surface area contributed by atoms with Crippen molar-refractivity contribution in [2.75, 3.05) is 7.05 Å². The lowest BCUT2D eigenvalue weighted by Crippen LogP contribution is -2.31. The van der Waals surface area contributed by atoms with Crippen LogP contribution in [0.3, 0.4) is 0 Å². The van der Waals surface area contributed by atoms with Gasteiger partial charge in [-0.2, -0.15) is 0 Å². The van der Waals surface area contributed by atoms with E-state index in [1.54, 1.807) is 7.05 Å². The first-order valence-electron chi connectivity index (χ1n) is 5.29. The molecule has 0 aliphatic rings. The van der Waals surface area contributed by atoms with Crippen molar-refractivity contribution in [3.8, 4) is 0 Å². The molecule has 2 rings (SSSR count). The zero-order valence-electron chi connectivity index (χ0n) is 9.45. The number of tetrazole rings is 1. The van der Waals surface area contributed by atoms with Crippen LogP contribution >= 0.6 is 0 Å². The van der Waals surface area contributed by atoms with Gasteiger partial charge in [0.2, 0.25) is 5.91 Å². The number of aromatic nitrogens is 4. The molecule has 88 valence electrons. The van der Waals surface area contributed by atoms with E-state index in [4.69, 9.17) is 0 Å². The molecule has 1 aromatic heterocycles. The highest BCUT2D eigenvalue weighted by Gasteiger charge is 2.20. The molecule has 0 aliphatic carbocycles. The molecule has 0 radical (unpaired) electrons. The van der Waals surface area contributed by atoms with Gasteiger partial charge in [-0.15, -0.1) is 5.10 Å². The van der Waals surface area contributed by atoms with E-state index in [0.29, 0.717) is 6.42 Å². The number of carbonyl (C=O) groups excluding carboxylic acids is 1. The first kappa shape index (κ1) is 11.3. The Hall–Kier alpha value is -2.24. The molecule has 1 aromatic carbocycles. The van der Waals surface area contributed by atoms with Crippen LogP contribution in [0.25, 0.3) is 0 Å². The van der Waals surface area contributed by atoms with E-state index in [9.17, 15) is 4.79 Å². The monoisotopic (exact) mass is 231 g/mol. The van der Waals surface area contributed by atoms with E-state index < -0.39 is 6.04 Å². The fraction of sp³-hybridized carbons (Fsp3) is 0.273. The number of likely N-dealkylation sites (N-methyl/N-ethyl adjacent to an activating group) is 1. The third-order valence-corrected chi connectivity index (χ3v) is 2.51. The third-order valence-electron chi connectivity index (χ3n) is 2.51. The van der Waals surface area contributed by atoms with Crippen molar-refractivity contribution in [2.45, 2.75) is 12.5 Å². The van der Waals surface area contributed by atoms with E-state index in [0.717, 1.165) is 5.56 Å². The van der Waals surface area contributed by atoms with Crippen LogP contribution < -0.4 is 5.32 Å². The van der Waals surface area contributed by atoms with E-state index in [-0.39, 0.29) is 5.91 Å². The Morgan fingerprint density at radius 1 is 1.41 bits per heavy atom. The van der Waals surface area contributed by atoms with Crippen LogP contribution in [-0.4, -0.2) is 33.2 Å². The highest BCUT2D eigenvalue weighted by Crippen LogP contribution is 2.12. The summed E-state index contributed by atoms with van der Waals surface area (Å²) in [5.41, 5.74) is 1.07. The zero-order chi connectivity index (χ0) is 12.1. The fourth-order valence-corrected chi connectivity index (χ4v) is 1.62. The topological polar surface area (TPSA) is 72.7 Å². The molecular weight excluding hydrogens is 218 g/mol. The van der Waals surface area contributed by atoms with E-state index in [2.05, 4.69) is 20.8 Å². The fourth-order valence-electron chi connectivity index (χ4n) is 1.62. The average molecular weight is 231 g/mol. The second-order valence-electron chi connectivity index (χ2n) is 3.61. The van der Waals surface area contributed by atoms with Crippen LogP contribution in [0, 0.1) is 0 Å². The molecule has 0 aliphatic heterocycles. The summed E-state index contributed by atoms with van der Waals surface area (Å²) in [5.74, 6) is -0.110. The summed E-state index contributed by atoms with van der Waals surface area (Å²) in [4.78, 5) is 11.8. The van der Waals surface area contributed by atoms with Crippen molar-refractivity contribution < 1.29 is 4.79 Å². The highest BCUT2D eigenvalue weighted by atomic mass is 16.2. The smallest absolute Gasteiger partial charge is 0.245 e. The van der Waals surface area contributed by atoms with Gasteiger partial charge in [0.1, 0.15) is 12.4 Å². The number of amides is 1. The van der Waals surface area contributed by atoms with Gasteiger partial charge in [-0.1, -0.05) is 30.3 Å². The molecule has 0 saturated heterocycles. The molecule has 6 heteroatoms. The summed E-state index contributed by atoms with van der Waals surface area (Å²) in [6.45, 7) is 0. The summed E-state index contributed by atoms with van der Waals surface area (Å²) >= 11 is 0. The van der Waals surface area contributed by atoms with Crippen molar-refractivity contribution in [3.05, 3.63) is 42.2 Å². The SMILES string of the molecule is CNC(=O)C(Cc1ccccc1)n1cnnn1. The molecule has 1 N–H and O–H groups in total. The number of nitrogens with one attached hydrogen (secondary N) is 1. The minimum Gasteiger partial charge on any atom is -0.357 e. The molecule has 6 nitrogen and oxygen atoms in total. The van der Waals surface area contributed by atoms with E-state index >= 15 is 0 Å². The van der Waals surface area contributed by atoms with Crippen LogP contribution in [0.5, 0.6) is 0 Å². The highest BCUT2D eigenvalue weighted by molar-refractivity contribution is 5.80. The van der Waals surface area contributed by atoms with Gasteiger partial charge in [0.25, 0.3) is 0 Å². The number of hydrogen-bond donors (Lipinski definition) is 1. The standard InChI is InChI=1S/C11H13N5O/c1-12-11(17)10(16-8-13-14-15-16)7-9-5-3-2-4-6-9/h2-6,8,10H,7H2,1H3,(H,12,17). The first-order chi connectivity index (χ1) is 8.31. The van der Waals surface area contributed by atoms with E-state index in [1.165, 1.54) is 11.0 Å². The molecule has 17 heavy (non-hydrogen) atoms.